The summed E-state index contributed by atoms with van der Waals surface area (Å²) in [5.74, 6) is 0.393. The number of aryl methyl sites for hydroxylation is 1. The maximum atomic E-state index is 9.20. The number of allylic oxidation sites excluding steroid dienone is 1. The number of aliphatic hydroxyl groups excluding tert-OH is 1. The van der Waals surface area contributed by atoms with Crippen LogP contribution >= 0.6 is 11.3 Å². The lowest BCUT2D eigenvalue weighted by atomic mass is 10.0. The molecule has 1 aromatic heterocycles. The van der Waals surface area contributed by atoms with E-state index in [4.69, 9.17) is 4.43 Å². The van der Waals surface area contributed by atoms with Crippen molar-refractivity contribution in [1.82, 2.24) is 4.98 Å². The Labute approximate surface area is 184 Å². The molecule has 0 bridgehead atoms. The summed E-state index contributed by atoms with van der Waals surface area (Å²) < 4.78 is 6.82. The number of aliphatic hydroxyl groups is 1. The van der Waals surface area contributed by atoms with Gasteiger partial charge in [0.15, 0.2) is 8.32 Å². The Hall–Kier alpha value is -0.753. The van der Waals surface area contributed by atoms with Gasteiger partial charge in [0.05, 0.1) is 16.8 Å². The van der Waals surface area contributed by atoms with Gasteiger partial charge in [0, 0.05) is 12.0 Å². The zero-order valence-corrected chi connectivity index (χ0v) is 21.9. The van der Waals surface area contributed by atoms with Crippen molar-refractivity contribution in [3.05, 3.63) is 33.3 Å². The summed E-state index contributed by atoms with van der Waals surface area (Å²) in [6.45, 7) is 20.4. The van der Waals surface area contributed by atoms with Crippen LogP contribution in [-0.4, -0.2) is 31.1 Å². The Morgan fingerprint density at radius 1 is 1.31 bits per heavy atom. The van der Waals surface area contributed by atoms with E-state index in [0.29, 0.717) is 5.92 Å². The maximum Gasteiger partial charge on any atom is 0.192 e. The minimum atomic E-state index is -1.88. The van der Waals surface area contributed by atoms with Gasteiger partial charge in [0.25, 0.3) is 0 Å². The molecule has 0 aliphatic rings. The van der Waals surface area contributed by atoms with Gasteiger partial charge in [-0.25, -0.2) is 4.98 Å². The van der Waals surface area contributed by atoms with Crippen LogP contribution in [0.3, 0.4) is 0 Å². The van der Waals surface area contributed by atoms with Crippen molar-refractivity contribution in [1.29, 1.82) is 0 Å². The van der Waals surface area contributed by atoms with Crippen molar-refractivity contribution >= 4 is 25.7 Å². The molecule has 3 nitrogen and oxygen atoms in total. The number of nitrogens with zero attached hydrogens (tertiary/aromatic N) is 1. The monoisotopic (exact) mass is 437 g/mol. The molecule has 0 aliphatic carbocycles. The highest BCUT2D eigenvalue weighted by molar-refractivity contribution is 7.09. The summed E-state index contributed by atoms with van der Waals surface area (Å²) in [5, 5.41) is 12.6. The second-order valence-electron chi connectivity index (χ2n) is 10.0. The smallest absolute Gasteiger partial charge is 0.192 e. The van der Waals surface area contributed by atoms with Crippen LogP contribution < -0.4 is 0 Å². The van der Waals surface area contributed by atoms with Gasteiger partial charge in [-0.15, -0.1) is 11.3 Å². The lowest BCUT2D eigenvalue weighted by molar-refractivity contribution is 0.217. The molecular weight excluding hydrogens is 394 g/mol. The topological polar surface area (TPSA) is 42.4 Å². The zero-order valence-electron chi connectivity index (χ0n) is 20.1. The first-order valence-electron chi connectivity index (χ1n) is 10.9. The molecule has 1 rings (SSSR count). The summed E-state index contributed by atoms with van der Waals surface area (Å²) in [6, 6.07) is 0. The third-order valence-corrected chi connectivity index (χ3v) is 11.3. The normalized spacial score (nSPS) is 16.2. The molecule has 0 spiro atoms. The fraction of sp³-hybridized carbons (Fsp3) is 0.708. The lowest BCUT2D eigenvalue weighted by Gasteiger charge is -2.39. The van der Waals surface area contributed by atoms with Crippen LogP contribution in [0.25, 0.3) is 6.08 Å². The molecule has 29 heavy (non-hydrogen) atoms. The molecular formula is C24H43NO2SSi. The Bertz CT molecular complexity index is 685. The molecule has 1 heterocycles. The van der Waals surface area contributed by atoms with Crippen molar-refractivity contribution in [2.24, 2.45) is 5.92 Å². The maximum absolute atomic E-state index is 9.20. The fourth-order valence-corrected chi connectivity index (χ4v) is 4.78. The summed E-state index contributed by atoms with van der Waals surface area (Å²) in [6.07, 6.45) is 8.82. The summed E-state index contributed by atoms with van der Waals surface area (Å²) >= 11 is 1.69. The number of hydrogen-bond acceptors (Lipinski definition) is 4. The number of aromatic nitrogens is 1. The van der Waals surface area contributed by atoms with E-state index in [1.807, 2.05) is 6.92 Å². The Balaban J connectivity index is 2.92. The first-order valence-corrected chi connectivity index (χ1v) is 14.7. The van der Waals surface area contributed by atoms with E-state index in [2.05, 4.69) is 77.2 Å². The second-order valence-corrected chi connectivity index (χ2v) is 15.8. The number of rotatable bonds is 11. The zero-order chi connectivity index (χ0) is 22.2. The average molecular weight is 438 g/mol. The van der Waals surface area contributed by atoms with E-state index in [9.17, 15) is 5.11 Å². The van der Waals surface area contributed by atoms with Crippen molar-refractivity contribution in [3.63, 3.8) is 0 Å². The minimum Gasteiger partial charge on any atom is -0.410 e. The molecule has 0 fully saturated rings. The molecule has 1 aromatic rings. The predicted octanol–water partition coefficient (Wildman–Crippen LogP) is 7.38. The molecule has 0 saturated heterocycles. The van der Waals surface area contributed by atoms with Crippen LogP contribution in [-0.2, 0) is 4.43 Å². The van der Waals surface area contributed by atoms with E-state index in [1.165, 1.54) is 11.1 Å². The third kappa shape index (κ3) is 9.29. The van der Waals surface area contributed by atoms with Gasteiger partial charge in [0.2, 0.25) is 0 Å². The number of thiazole rings is 1. The highest BCUT2D eigenvalue weighted by Crippen LogP contribution is 2.38. The van der Waals surface area contributed by atoms with E-state index >= 15 is 0 Å². The van der Waals surface area contributed by atoms with Crippen LogP contribution in [0.1, 0.15) is 77.9 Å². The molecule has 0 saturated carbocycles. The van der Waals surface area contributed by atoms with Crippen LogP contribution in [0, 0.1) is 12.8 Å². The van der Waals surface area contributed by atoms with Crippen molar-refractivity contribution < 1.29 is 9.53 Å². The number of hydrogen-bond donors (Lipinski definition) is 1. The van der Waals surface area contributed by atoms with Gasteiger partial charge in [0.1, 0.15) is 0 Å². The molecule has 166 valence electrons. The fourth-order valence-electron chi connectivity index (χ4n) is 2.86. The van der Waals surface area contributed by atoms with Crippen LogP contribution in [0.15, 0.2) is 22.6 Å². The molecule has 0 radical (unpaired) electrons. The van der Waals surface area contributed by atoms with Gasteiger partial charge >= 0.3 is 0 Å². The molecule has 1 unspecified atom stereocenters. The van der Waals surface area contributed by atoms with Gasteiger partial charge in [-0.05, 0) is 82.2 Å². The van der Waals surface area contributed by atoms with E-state index in [0.717, 1.165) is 36.4 Å². The van der Waals surface area contributed by atoms with Crippen LogP contribution in [0.2, 0.25) is 18.1 Å². The van der Waals surface area contributed by atoms with Crippen molar-refractivity contribution in [3.8, 4) is 0 Å². The first kappa shape index (κ1) is 26.3. The Kier molecular flexibility index (Phi) is 10.5. The first-order chi connectivity index (χ1) is 13.4. The summed E-state index contributed by atoms with van der Waals surface area (Å²) in [5.41, 5.74) is 3.70. The van der Waals surface area contributed by atoms with Crippen LogP contribution in [0.4, 0.5) is 0 Å². The minimum absolute atomic E-state index is 0.0872. The average Bonchev–Trinajstić information content (AvgIpc) is 3.01. The van der Waals surface area contributed by atoms with Gasteiger partial charge in [-0.1, -0.05) is 39.3 Å². The van der Waals surface area contributed by atoms with Gasteiger partial charge in [-0.2, -0.15) is 0 Å². The SMILES string of the molecule is C/C(=C/CC(O[Si](C)(C)C(C)(C)C)/C(C)=C/c1csc(C)n1)CCC[C@H](C)CO. The highest BCUT2D eigenvalue weighted by atomic mass is 32.1. The molecule has 0 aromatic carbocycles. The molecule has 1 N–H and O–H groups in total. The van der Waals surface area contributed by atoms with Gasteiger partial charge in [-0.3, -0.25) is 0 Å². The van der Waals surface area contributed by atoms with E-state index in [1.54, 1.807) is 11.3 Å². The highest BCUT2D eigenvalue weighted by Gasteiger charge is 2.39. The third-order valence-electron chi connectivity index (χ3n) is 6.02. The summed E-state index contributed by atoms with van der Waals surface area (Å²) in [7, 11) is -1.88. The van der Waals surface area contributed by atoms with Crippen LogP contribution in [0.5, 0.6) is 0 Å². The van der Waals surface area contributed by atoms with Crippen molar-refractivity contribution in [2.75, 3.05) is 6.61 Å². The summed E-state index contributed by atoms with van der Waals surface area (Å²) in [4.78, 5) is 4.60. The second kappa shape index (κ2) is 11.6. The van der Waals surface area contributed by atoms with Crippen molar-refractivity contribution in [2.45, 2.75) is 98.4 Å². The molecule has 0 aliphatic heterocycles. The van der Waals surface area contributed by atoms with E-state index in [-0.39, 0.29) is 17.7 Å². The molecule has 5 heteroatoms. The molecule has 2 atom stereocenters. The van der Waals surface area contributed by atoms with E-state index < -0.39 is 8.32 Å². The lowest BCUT2D eigenvalue weighted by Crippen LogP contribution is -2.44. The van der Waals surface area contributed by atoms with Gasteiger partial charge < -0.3 is 9.53 Å². The standard InChI is InChI=1S/C24H43NO2SSi/c1-18(11-10-12-19(2)16-26)13-14-23(27-29(8,9)24(5,6)7)20(3)15-22-17-28-21(4)25-22/h13,15,17,19,23,26H,10-12,14,16H2,1-9H3/b18-13-,20-15+/t19-,23?/m0/s1. The Morgan fingerprint density at radius 3 is 2.48 bits per heavy atom. The Morgan fingerprint density at radius 2 is 1.97 bits per heavy atom. The largest absolute Gasteiger partial charge is 0.410 e. The molecule has 0 amide bonds. The quantitative estimate of drug-likeness (QED) is 0.290. The predicted molar refractivity (Wildman–Crippen MR) is 131 cm³/mol.